The molecule has 2 atom stereocenters. The first kappa shape index (κ1) is 11.0. The van der Waals surface area contributed by atoms with Crippen molar-refractivity contribution in [3.05, 3.63) is 36.2 Å². The van der Waals surface area contributed by atoms with Crippen LogP contribution >= 0.6 is 0 Å². The van der Waals surface area contributed by atoms with Crippen LogP contribution in [0.25, 0.3) is 0 Å². The number of fused-ring (bicyclic) bond motifs is 1. The van der Waals surface area contributed by atoms with Gasteiger partial charge in [-0.25, -0.2) is 0 Å². The fourth-order valence-corrected chi connectivity index (χ4v) is 2.12. The maximum absolute atomic E-state index is 12.3. The Balaban J connectivity index is 2.32. The fourth-order valence-electron chi connectivity index (χ4n) is 2.12. The molecular weight excluding hydrogens is 200 g/mol. The lowest BCUT2D eigenvalue weighted by atomic mass is 9.83. The Morgan fingerprint density at radius 3 is 2.62 bits per heavy atom. The SMILES string of the molecule is CC(C)(C)N1C=CC2C=C(N)C=CC2C1=O. The van der Waals surface area contributed by atoms with Crippen molar-refractivity contribution in [3.8, 4) is 0 Å². The van der Waals surface area contributed by atoms with Gasteiger partial charge in [-0.05, 0) is 26.8 Å². The van der Waals surface area contributed by atoms with Gasteiger partial charge in [-0.1, -0.05) is 18.2 Å². The molecule has 0 fully saturated rings. The Morgan fingerprint density at radius 1 is 1.31 bits per heavy atom. The second-order valence-corrected chi connectivity index (χ2v) is 5.35. The second kappa shape index (κ2) is 3.51. The van der Waals surface area contributed by atoms with Gasteiger partial charge < -0.3 is 10.6 Å². The van der Waals surface area contributed by atoms with Crippen LogP contribution in [0.5, 0.6) is 0 Å². The molecule has 1 aliphatic heterocycles. The molecule has 3 nitrogen and oxygen atoms in total. The molecule has 0 aromatic carbocycles. The maximum Gasteiger partial charge on any atom is 0.234 e. The van der Waals surface area contributed by atoms with Crippen LogP contribution in [0.1, 0.15) is 20.8 Å². The lowest BCUT2D eigenvalue weighted by Crippen LogP contribution is -2.48. The molecule has 1 heterocycles. The van der Waals surface area contributed by atoms with Crippen LogP contribution in [0.2, 0.25) is 0 Å². The van der Waals surface area contributed by atoms with Gasteiger partial charge in [0.05, 0.1) is 5.92 Å². The summed E-state index contributed by atoms with van der Waals surface area (Å²) in [4.78, 5) is 14.1. The number of allylic oxidation sites excluding steroid dienone is 3. The molecule has 86 valence electrons. The van der Waals surface area contributed by atoms with E-state index in [1.165, 1.54) is 0 Å². The van der Waals surface area contributed by atoms with Crippen molar-refractivity contribution in [2.45, 2.75) is 26.3 Å². The van der Waals surface area contributed by atoms with E-state index in [2.05, 4.69) is 0 Å². The van der Waals surface area contributed by atoms with Crippen molar-refractivity contribution >= 4 is 5.91 Å². The van der Waals surface area contributed by atoms with E-state index in [0.29, 0.717) is 0 Å². The Bertz CT molecular complexity index is 399. The summed E-state index contributed by atoms with van der Waals surface area (Å²) in [6.45, 7) is 6.10. The Hall–Kier alpha value is -1.51. The Labute approximate surface area is 96.3 Å². The van der Waals surface area contributed by atoms with Crippen molar-refractivity contribution in [3.63, 3.8) is 0 Å². The summed E-state index contributed by atoms with van der Waals surface area (Å²) >= 11 is 0. The summed E-state index contributed by atoms with van der Waals surface area (Å²) in [7, 11) is 0. The highest BCUT2D eigenvalue weighted by Gasteiger charge is 2.36. The molecule has 0 radical (unpaired) electrons. The van der Waals surface area contributed by atoms with E-state index in [1.807, 2.05) is 51.3 Å². The van der Waals surface area contributed by atoms with E-state index >= 15 is 0 Å². The lowest BCUT2D eigenvalue weighted by Gasteiger charge is -2.39. The van der Waals surface area contributed by atoms with Crippen LogP contribution in [-0.4, -0.2) is 16.3 Å². The van der Waals surface area contributed by atoms with E-state index in [1.54, 1.807) is 4.90 Å². The third-order valence-corrected chi connectivity index (χ3v) is 3.00. The number of amides is 1. The molecule has 0 saturated carbocycles. The molecule has 2 aliphatic rings. The largest absolute Gasteiger partial charge is 0.399 e. The third-order valence-electron chi connectivity index (χ3n) is 3.00. The first-order valence-corrected chi connectivity index (χ1v) is 5.56. The molecule has 2 unspecified atom stereocenters. The number of nitrogens with zero attached hydrogens (tertiary/aromatic N) is 1. The summed E-state index contributed by atoms with van der Waals surface area (Å²) in [5, 5.41) is 0. The first-order chi connectivity index (χ1) is 7.39. The topological polar surface area (TPSA) is 46.3 Å². The molecule has 1 aliphatic carbocycles. The van der Waals surface area contributed by atoms with Gasteiger partial charge >= 0.3 is 0 Å². The number of hydrogen-bond donors (Lipinski definition) is 1. The van der Waals surface area contributed by atoms with Crippen LogP contribution in [0.3, 0.4) is 0 Å². The minimum absolute atomic E-state index is 0.0866. The van der Waals surface area contributed by atoms with Crippen molar-refractivity contribution in [1.29, 1.82) is 0 Å². The quantitative estimate of drug-likeness (QED) is 0.673. The molecule has 0 aromatic rings. The molecule has 0 saturated heterocycles. The average molecular weight is 218 g/mol. The molecule has 16 heavy (non-hydrogen) atoms. The van der Waals surface area contributed by atoms with E-state index in [0.717, 1.165) is 5.70 Å². The van der Waals surface area contributed by atoms with Crippen LogP contribution in [-0.2, 0) is 4.79 Å². The van der Waals surface area contributed by atoms with Crippen LogP contribution < -0.4 is 5.73 Å². The molecular formula is C13H18N2O. The predicted molar refractivity (Wildman–Crippen MR) is 64.1 cm³/mol. The van der Waals surface area contributed by atoms with Gasteiger partial charge in [-0.2, -0.15) is 0 Å². The molecule has 0 bridgehead atoms. The first-order valence-electron chi connectivity index (χ1n) is 5.56. The van der Waals surface area contributed by atoms with Crippen molar-refractivity contribution in [2.24, 2.45) is 17.6 Å². The van der Waals surface area contributed by atoms with Gasteiger partial charge in [-0.15, -0.1) is 0 Å². The zero-order valence-electron chi connectivity index (χ0n) is 9.97. The van der Waals surface area contributed by atoms with Gasteiger partial charge in [0.25, 0.3) is 0 Å². The zero-order chi connectivity index (χ0) is 11.9. The number of rotatable bonds is 0. The molecule has 1 amide bonds. The van der Waals surface area contributed by atoms with Crippen LogP contribution in [0, 0.1) is 11.8 Å². The van der Waals surface area contributed by atoms with Gasteiger partial charge in [0, 0.05) is 23.4 Å². The van der Waals surface area contributed by atoms with Gasteiger partial charge in [-0.3, -0.25) is 4.79 Å². The molecule has 3 heteroatoms. The summed E-state index contributed by atoms with van der Waals surface area (Å²) < 4.78 is 0. The fraction of sp³-hybridized carbons (Fsp3) is 0.462. The van der Waals surface area contributed by atoms with Gasteiger partial charge in [0.1, 0.15) is 0 Å². The highest BCUT2D eigenvalue weighted by molar-refractivity contribution is 5.84. The Morgan fingerprint density at radius 2 is 2.00 bits per heavy atom. The zero-order valence-corrected chi connectivity index (χ0v) is 9.97. The second-order valence-electron chi connectivity index (χ2n) is 5.35. The number of carbonyl (C=O) groups excluding carboxylic acids is 1. The summed E-state index contributed by atoms with van der Waals surface area (Å²) in [5.41, 5.74) is 6.29. The van der Waals surface area contributed by atoms with Crippen LogP contribution in [0.4, 0.5) is 0 Å². The normalized spacial score (nSPS) is 29.1. The minimum atomic E-state index is -0.168. The highest BCUT2D eigenvalue weighted by Crippen LogP contribution is 2.31. The molecule has 0 aromatic heterocycles. The number of hydrogen-bond acceptors (Lipinski definition) is 2. The van der Waals surface area contributed by atoms with Gasteiger partial charge in [0.15, 0.2) is 0 Å². The average Bonchev–Trinajstić information content (AvgIpc) is 2.15. The smallest absolute Gasteiger partial charge is 0.234 e. The van der Waals surface area contributed by atoms with Crippen molar-refractivity contribution in [1.82, 2.24) is 4.90 Å². The predicted octanol–water partition coefficient (Wildman–Crippen LogP) is 1.79. The van der Waals surface area contributed by atoms with E-state index in [-0.39, 0.29) is 23.3 Å². The molecule has 2 rings (SSSR count). The van der Waals surface area contributed by atoms with Crippen molar-refractivity contribution in [2.75, 3.05) is 0 Å². The summed E-state index contributed by atoms with van der Waals surface area (Å²) in [6.07, 6.45) is 9.60. The maximum atomic E-state index is 12.3. The monoisotopic (exact) mass is 218 g/mol. The van der Waals surface area contributed by atoms with Gasteiger partial charge in [0.2, 0.25) is 5.91 Å². The molecule has 2 N–H and O–H groups in total. The summed E-state index contributed by atoms with van der Waals surface area (Å²) in [6, 6.07) is 0. The molecule has 0 spiro atoms. The van der Waals surface area contributed by atoms with E-state index in [9.17, 15) is 4.79 Å². The number of nitrogens with two attached hydrogens (primary N) is 1. The van der Waals surface area contributed by atoms with Crippen LogP contribution in [0.15, 0.2) is 36.2 Å². The minimum Gasteiger partial charge on any atom is -0.399 e. The highest BCUT2D eigenvalue weighted by atomic mass is 16.2. The lowest BCUT2D eigenvalue weighted by molar-refractivity contribution is -0.136. The summed E-state index contributed by atoms with van der Waals surface area (Å²) in [5.74, 6) is 0.188. The van der Waals surface area contributed by atoms with Crippen molar-refractivity contribution < 1.29 is 4.79 Å². The Kier molecular flexibility index (Phi) is 2.41. The number of carbonyl (C=O) groups is 1. The van der Waals surface area contributed by atoms with E-state index < -0.39 is 0 Å². The third kappa shape index (κ3) is 1.77. The standard InChI is InChI=1S/C13H18N2O/c1-13(2,3)15-7-6-9-8-10(14)4-5-11(9)12(15)16/h4-9,11H,14H2,1-3H3. The van der Waals surface area contributed by atoms with E-state index in [4.69, 9.17) is 5.73 Å².